The molecule has 3 aromatic carbocycles. The first-order valence-electron chi connectivity index (χ1n) is 11.4. The first-order valence-corrected chi connectivity index (χ1v) is 13.7. The molecule has 0 radical (unpaired) electrons. The van der Waals surface area contributed by atoms with Crippen LogP contribution < -0.4 is 4.72 Å². The number of nitro groups is 1. The molecule has 0 aliphatic carbocycles. The van der Waals surface area contributed by atoms with Gasteiger partial charge in [0.2, 0.25) is 12.5 Å². The first-order chi connectivity index (χ1) is 18.2. The van der Waals surface area contributed by atoms with Gasteiger partial charge in [0.15, 0.2) is 0 Å². The molecule has 0 aliphatic rings. The van der Waals surface area contributed by atoms with Crippen molar-refractivity contribution < 1.29 is 31.3 Å². The predicted octanol–water partition coefficient (Wildman–Crippen LogP) is 6.60. The lowest BCUT2D eigenvalue weighted by molar-refractivity contribution is -0.481. The zero-order valence-corrected chi connectivity index (χ0v) is 22.9. The number of hydrogen-bond acceptors (Lipinski definition) is 5. The zero-order valence-electron chi connectivity index (χ0n) is 20.5. The Kier molecular flexibility index (Phi) is 7.59. The van der Waals surface area contributed by atoms with Crippen LogP contribution >= 0.6 is 15.9 Å². The fourth-order valence-electron chi connectivity index (χ4n) is 4.43. The topological polar surface area (TPSA) is 111 Å². The number of aromatic nitrogens is 1. The number of halogens is 4. The number of hydrogen-bond donors (Lipinski definition) is 1. The molecule has 0 bridgehead atoms. The third-order valence-electron chi connectivity index (χ3n) is 6.17. The van der Waals surface area contributed by atoms with Crippen molar-refractivity contribution in [1.82, 2.24) is 4.57 Å². The fourth-order valence-corrected chi connectivity index (χ4v) is 6.06. The molecule has 0 saturated heterocycles. The van der Waals surface area contributed by atoms with Crippen LogP contribution in [0.2, 0.25) is 0 Å². The molecule has 0 spiro atoms. The van der Waals surface area contributed by atoms with Crippen LogP contribution in [0.4, 0.5) is 19.0 Å². The minimum Gasteiger partial charge on any atom is -0.274 e. The van der Waals surface area contributed by atoms with Gasteiger partial charge in [-0.25, -0.2) is 8.42 Å². The molecule has 0 saturated carbocycles. The minimum absolute atomic E-state index is 0.0347. The number of benzene rings is 3. The van der Waals surface area contributed by atoms with Crippen molar-refractivity contribution in [2.45, 2.75) is 30.8 Å². The maximum absolute atomic E-state index is 13.7. The average Bonchev–Trinajstić information content (AvgIpc) is 3.15. The van der Waals surface area contributed by atoms with Gasteiger partial charge in [-0.15, -0.1) is 0 Å². The van der Waals surface area contributed by atoms with Crippen LogP contribution in [0, 0.1) is 17.0 Å². The van der Waals surface area contributed by atoms with Crippen LogP contribution in [-0.4, -0.2) is 30.4 Å². The van der Waals surface area contributed by atoms with E-state index in [9.17, 15) is 36.5 Å². The van der Waals surface area contributed by atoms with Gasteiger partial charge in [-0.2, -0.15) is 13.2 Å². The summed E-state index contributed by atoms with van der Waals surface area (Å²) in [5.41, 5.74) is -0.118. The van der Waals surface area contributed by atoms with E-state index in [1.54, 1.807) is 43.3 Å². The summed E-state index contributed by atoms with van der Waals surface area (Å²) in [7, 11) is -4.38. The van der Waals surface area contributed by atoms with Crippen molar-refractivity contribution in [2.24, 2.45) is 0 Å². The third-order valence-corrected chi connectivity index (χ3v) is 8.25. The van der Waals surface area contributed by atoms with E-state index < -0.39 is 45.1 Å². The van der Waals surface area contributed by atoms with Crippen LogP contribution in [0.3, 0.4) is 0 Å². The number of carbonyl (C=O) groups is 1. The summed E-state index contributed by atoms with van der Waals surface area (Å²) in [5.74, 6) is -2.32. The zero-order chi connectivity index (χ0) is 28.7. The number of rotatable bonds is 7. The lowest BCUT2D eigenvalue weighted by Crippen LogP contribution is -2.21. The predicted molar refractivity (Wildman–Crippen MR) is 143 cm³/mol. The normalized spacial score (nSPS) is 12.9. The molecule has 1 N–H and O–H groups in total. The summed E-state index contributed by atoms with van der Waals surface area (Å²) in [6.45, 7) is 2.08. The summed E-state index contributed by atoms with van der Waals surface area (Å²) in [4.78, 5) is 23.9. The highest BCUT2D eigenvalue weighted by atomic mass is 79.9. The number of fused-ring (bicyclic) bond motifs is 1. The largest absolute Gasteiger partial charge is 0.416 e. The summed E-state index contributed by atoms with van der Waals surface area (Å²) >= 11 is 3.34. The monoisotopic (exact) mass is 623 g/mol. The molecule has 0 fully saturated rings. The van der Waals surface area contributed by atoms with Crippen LogP contribution in [-0.2, 0) is 16.2 Å². The van der Waals surface area contributed by atoms with E-state index in [0.717, 1.165) is 35.3 Å². The maximum Gasteiger partial charge on any atom is 0.416 e. The summed E-state index contributed by atoms with van der Waals surface area (Å²) in [6, 6.07) is 14.8. The van der Waals surface area contributed by atoms with E-state index in [2.05, 4.69) is 20.7 Å². The van der Waals surface area contributed by atoms with Crippen LogP contribution in [0.15, 0.2) is 76.1 Å². The summed E-state index contributed by atoms with van der Waals surface area (Å²) in [6.07, 6.45) is -4.77. The lowest BCUT2D eigenvalue weighted by atomic mass is 9.90. The Morgan fingerprint density at radius 1 is 1.10 bits per heavy atom. The Hall–Kier alpha value is -3.71. The third kappa shape index (κ3) is 5.69. The van der Waals surface area contributed by atoms with Crippen LogP contribution in [0.25, 0.3) is 10.9 Å². The van der Waals surface area contributed by atoms with Crippen LogP contribution in [0.1, 0.15) is 39.9 Å². The molecular weight excluding hydrogens is 603 g/mol. The molecule has 4 rings (SSSR count). The van der Waals surface area contributed by atoms with E-state index in [1.807, 2.05) is 0 Å². The second kappa shape index (κ2) is 10.5. The number of carbonyl (C=O) groups excluding carboxylic acids is 1. The van der Waals surface area contributed by atoms with E-state index in [-0.39, 0.29) is 27.2 Å². The Morgan fingerprint density at radius 2 is 1.74 bits per heavy atom. The molecule has 1 atom stereocenters. The first kappa shape index (κ1) is 28.3. The molecule has 1 heterocycles. The van der Waals surface area contributed by atoms with Gasteiger partial charge in [-0.3, -0.25) is 24.2 Å². The summed E-state index contributed by atoms with van der Waals surface area (Å²) < 4.78 is 71.8. The van der Waals surface area contributed by atoms with Crippen molar-refractivity contribution in [3.8, 4) is 0 Å². The van der Waals surface area contributed by atoms with Crippen LogP contribution in [0.5, 0.6) is 0 Å². The van der Waals surface area contributed by atoms with E-state index >= 15 is 0 Å². The van der Waals surface area contributed by atoms with Gasteiger partial charge in [0, 0.05) is 27.3 Å². The Balaban J connectivity index is 2.12. The van der Waals surface area contributed by atoms with Crippen molar-refractivity contribution >= 4 is 48.6 Å². The molecule has 0 amide bonds. The molecule has 0 aliphatic heterocycles. The SMILES string of the molecule is CC(=O)n1c(NS(=O)(=O)c2ccc(C)cc2)c(C(C[N+](=O)[O-])c2ccccc2Br)c2cc(C(F)(F)F)ccc21. The Bertz CT molecular complexity index is 1700. The van der Waals surface area contributed by atoms with Gasteiger partial charge in [0.05, 0.1) is 21.9 Å². The number of sulfonamides is 1. The highest BCUT2D eigenvalue weighted by Gasteiger charge is 2.36. The van der Waals surface area contributed by atoms with Gasteiger partial charge in [-0.05, 0) is 48.9 Å². The second-order valence-corrected chi connectivity index (χ2v) is 11.4. The van der Waals surface area contributed by atoms with Gasteiger partial charge in [0.25, 0.3) is 10.0 Å². The number of nitrogens with zero attached hydrogens (tertiary/aromatic N) is 2. The van der Waals surface area contributed by atoms with Crippen molar-refractivity contribution in [1.29, 1.82) is 0 Å². The number of alkyl halides is 3. The van der Waals surface area contributed by atoms with E-state index in [4.69, 9.17) is 0 Å². The quantitative estimate of drug-likeness (QED) is 0.184. The molecule has 4 aromatic rings. The number of aryl methyl sites for hydroxylation is 1. The number of anilines is 1. The standard InChI is InChI=1S/C26H21BrF3N3O5S/c1-15-7-10-18(11-8-15)39(37,38)31-25-24(21(14-32(35)36)19-5-3-4-6-22(19)27)20-13-17(26(28,29)30)9-12-23(20)33(25)16(2)34/h3-13,21,31H,14H2,1-2H3. The molecule has 39 heavy (non-hydrogen) atoms. The van der Waals surface area contributed by atoms with Gasteiger partial charge in [-0.1, -0.05) is 51.8 Å². The van der Waals surface area contributed by atoms with Gasteiger partial charge < -0.3 is 0 Å². The summed E-state index contributed by atoms with van der Waals surface area (Å²) in [5, 5.41) is 11.7. The second-order valence-electron chi connectivity index (χ2n) is 8.85. The molecule has 13 heteroatoms. The molecule has 204 valence electrons. The highest BCUT2D eigenvalue weighted by Crippen LogP contribution is 2.43. The van der Waals surface area contributed by atoms with Crippen molar-refractivity contribution in [2.75, 3.05) is 11.3 Å². The molecule has 1 aromatic heterocycles. The fraction of sp³-hybridized carbons (Fsp3) is 0.192. The lowest BCUT2D eigenvalue weighted by Gasteiger charge is -2.19. The van der Waals surface area contributed by atoms with Crippen molar-refractivity contribution in [3.63, 3.8) is 0 Å². The maximum atomic E-state index is 13.7. The molecule has 8 nitrogen and oxygen atoms in total. The smallest absolute Gasteiger partial charge is 0.274 e. The van der Waals surface area contributed by atoms with E-state index in [1.165, 1.54) is 12.1 Å². The molecular formula is C26H21BrF3N3O5S. The Labute approximate surface area is 229 Å². The van der Waals surface area contributed by atoms with E-state index in [0.29, 0.717) is 10.0 Å². The average molecular weight is 624 g/mol. The van der Waals surface area contributed by atoms with Crippen molar-refractivity contribution in [3.05, 3.63) is 104 Å². The number of nitrogens with one attached hydrogen (secondary N) is 1. The molecule has 1 unspecified atom stereocenters. The minimum atomic E-state index is -4.77. The van der Waals surface area contributed by atoms with Gasteiger partial charge in [0.1, 0.15) is 5.82 Å². The highest BCUT2D eigenvalue weighted by molar-refractivity contribution is 9.10. The van der Waals surface area contributed by atoms with Gasteiger partial charge >= 0.3 is 6.18 Å². The Morgan fingerprint density at radius 3 is 2.31 bits per heavy atom.